The zero-order valence-electron chi connectivity index (χ0n) is 52.3. The van der Waals surface area contributed by atoms with Crippen LogP contribution in [-0.2, 0) is 41.0 Å². The van der Waals surface area contributed by atoms with Crippen molar-refractivity contribution in [1.82, 2.24) is 18.7 Å². The maximum absolute atomic E-state index is 9.20. The molecule has 360 valence electrons. The van der Waals surface area contributed by atoms with Gasteiger partial charge in [0.2, 0.25) is 0 Å². The predicted molar refractivity (Wildman–Crippen MR) is 290 cm³/mol. The molecule has 7 aromatic carbocycles. The summed E-state index contributed by atoms with van der Waals surface area (Å²) in [6, 6.07) is 31.8. The van der Waals surface area contributed by atoms with E-state index in [4.69, 9.17) is 17.9 Å². The molecule has 0 atom stereocenters. The second-order valence-corrected chi connectivity index (χ2v) is 23.5. The molecule has 0 aliphatic heterocycles. The van der Waals surface area contributed by atoms with Crippen molar-refractivity contribution in [2.75, 3.05) is 0 Å². The molecule has 0 N–H and O–H groups in total. The van der Waals surface area contributed by atoms with Crippen molar-refractivity contribution in [3.8, 4) is 50.9 Å². The first-order valence-electron chi connectivity index (χ1n) is 29.1. The fraction of sp³-hybridized carbons (Fsp3) is 0.262. The Morgan fingerprint density at radius 2 is 1.15 bits per heavy atom. The number of pyridine rings is 1. The third-order valence-electron chi connectivity index (χ3n) is 15.8. The average molecular weight is 1120 g/mol. The van der Waals surface area contributed by atoms with Gasteiger partial charge in [-0.05, 0) is 44.4 Å². The summed E-state index contributed by atoms with van der Waals surface area (Å²) in [5, 5.41) is 2.12. The Labute approximate surface area is 444 Å². The Balaban J connectivity index is 1.15. The van der Waals surface area contributed by atoms with E-state index >= 15 is 0 Å². The molecule has 6 heteroatoms. The second kappa shape index (κ2) is 16.5. The van der Waals surface area contributed by atoms with Crippen LogP contribution >= 0.6 is 0 Å². The SMILES string of the molecule is [2H]c1c([2H])c([2H])c(-c2cccc(-c3c([2H])c([2H])c([2H])c([2H])c3[2H])c2-n2[c](=[Pt])n(-c3[c-]c(Oc4[c-]c5c(cc4)c4cc6c(cc4n5-c4cc(C(C)(C)C)ccn4)C(C)(C)C(C)(C)C6(C)C)cc(C(C)(C)C)c3)c3ccccc32)c([2H])c1[2H]. The molecule has 11 rings (SSSR count). The van der Waals surface area contributed by atoms with Crippen LogP contribution in [0, 0.1) is 21.4 Å². The second-order valence-electron chi connectivity index (χ2n) is 22.4. The van der Waals surface area contributed by atoms with Crippen molar-refractivity contribution in [3.05, 3.63) is 196 Å². The minimum absolute atomic E-state index is 0.0444. The van der Waals surface area contributed by atoms with Gasteiger partial charge in [-0.2, -0.15) is 0 Å². The Kier molecular flexibility index (Phi) is 8.46. The summed E-state index contributed by atoms with van der Waals surface area (Å²) in [5.41, 5.74) is 7.94. The molecular formula is C65H62N4OPt-2. The van der Waals surface area contributed by atoms with Crippen LogP contribution in [-0.4, -0.2) is 18.7 Å². The molecule has 0 unspecified atom stereocenters. The van der Waals surface area contributed by atoms with E-state index in [9.17, 15) is 5.48 Å². The predicted octanol–water partition coefficient (Wildman–Crippen LogP) is 16.9. The number of benzene rings is 7. The van der Waals surface area contributed by atoms with Crippen molar-refractivity contribution in [1.29, 1.82) is 0 Å². The number of hydrogen-bond donors (Lipinski definition) is 0. The Morgan fingerprint density at radius 1 is 0.563 bits per heavy atom. The van der Waals surface area contributed by atoms with Gasteiger partial charge in [-0.1, -0.05) is 62.3 Å². The molecule has 71 heavy (non-hydrogen) atoms. The molecule has 3 heterocycles. The number of rotatable bonds is 7. The Hall–Kier alpha value is -6.55. The topological polar surface area (TPSA) is 36.9 Å². The third kappa shape index (κ3) is 7.44. The van der Waals surface area contributed by atoms with Crippen LogP contribution in [0.4, 0.5) is 0 Å². The zero-order valence-corrected chi connectivity index (χ0v) is 44.5. The Bertz CT molecular complexity index is 4270. The molecule has 0 radical (unpaired) electrons. The van der Waals surface area contributed by atoms with E-state index in [1.54, 1.807) is 18.2 Å². The summed E-state index contributed by atoms with van der Waals surface area (Å²) in [4.78, 5) is 5.03. The van der Waals surface area contributed by atoms with Gasteiger partial charge in [-0.25, -0.2) is 0 Å². The molecule has 0 saturated carbocycles. The molecule has 1 aliphatic rings. The van der Waals surface area contributed by atoms with Crippen LogP contribution in [0.3, 0.4) is 0 Å². The van der Waals surface area contributed by atoms with Crippen molar-refractivity contribution >= 4 is 32.8 Å². The van der Waals surface area contributed by atoms with E-state index in [0.29, 0.717) is 32.0 Å². The van der Waals surface area contributed by atoms with Crippen LogP contribution in [0.15, 0.2) is 158 Å². The molecule has 0 bridgehead atoms. The summed E-state index contributed by atoms with van der Waals surface area (Å²) < 4.78 is 102. The van der Waals surface area contributed by atoms with Crippen molar-refractivity contribution in [2.24, 2.45) is 5.41 Å². The fourth-order valence-corrected chi connectivity index (χ4v) is 11.6. The average Bonchev–Trinajstić information content (AvgIpc) is 3.93. The van der Waals surface area contributed by atoms with Gasteiger partial charge in [-0.15, -0.1) is 0 Å². The van der Waals surface area contributed by atoms with Crippen LogP contribution < -0.4 is 4.74 Å². The van der Waals surface area contributed by atoms with E-state index in [0.717, 1.165) is 38.8 Å². The molecule has 0 spiro atoms. The molecule has 0 amide bonds. The van der Waals surface area contributed by atoms with Crippen LogP contribution in [0.1, 0.15) is 119 Å². The summed E-state index contributed by atoms with van der Waals surface area (Å²) in [6.45, 7) is 27.1. The van der Waals surface area contributed by atoms with E-state index in [-0.39, 0.29) is 49.6 Å². The quantitative estimate of drug-likeness (QED) is 0.149. The van der Waals surface area contributed by atoms with Crippen molar-refractivity contribution < 1.29 is 37.8 Å². The van der Waals surface area contributed by atoms with Gasteiger partial charge in [0.05, 0.1) is 0 Å². The zero-order chi connectivity index (χ0) is 58.7. The van der Waals surface area contributed by atoms with E-state index in [1.807, 2.05) is 57.8 Å². The first-order valence-corrected chi connectivity index (χ1v) is 25.2. The minimum atomic E-state index is -0.563. The summed E-state index contributed by atoms with van der Waals surface area (Å²) >= 11 is 2.19. The number of ether oxygens (including phenoxy) is 1. The monoisotopic (exact) mass is 1120 g/mol. The summed E-state index contributed by atoms with van der Waals surface area (Å²) in [5.74, 6) is 1.64. The standard InChI is InChI=1S/C65H62N4O.Pt/c1-61(2,3)44-32-33-66-59(36-44)69-57-38-47(30-31-51(57)52-39-53-54(40-58(52)69)64(9,10)65(11,12)63(53,7)8)70-48-35-45(62(4,5)6)34-46(37-48)67-41-68(56-29-20-19-28-55(56)67)60-49(42-22-15-13-16-23-42)26-21-27-50(60)43-24-17-14-18-25-43;/h13-36,39-40H,1-12H3;/q-2;/i13D,14D,15D,16D,17D,18D,22D,23D,24D,25D;. The number of nitrogens with zero attached hydrogens (tertiary/aromatic N) is 4. The van der Waals surface area contributed by atoms with Crippen LogP contribution in [0.25, 0.3) is 72.3 Å². The molecule has 10 aromatic rings. The first-order chi connectivity index (χ1) is 37.8. The van der Waals surface area contributed by atoms with Gasteiger partial charge in [0.15, 0.2) is 0 Å². The molecule has 1 aliphatic carbocycles. The normalized spacial score (nSPS) is 17.2. The number of imidazole rings is 1. The summed E-state index contributed by atoms with van der Waals surface area (Å²) in [6.07, 6.45) is 1.88. The summed E-state index contributed by atoms with van der Waals surface area (Å²) in [7, 11) is 0. The molecule has 3 aromatic heterocycles. The van der Waals surface area contributed by atoms with E-state index < -0.39 is 65.8 Å². The third-order valence-corrected chi connectivity index (χ3v) is 16.8. The van der Waals surface area contributed by atoms with E-state index in [1.165, 1.54) is 11.1 Å². The van der Waals surface area contributed by atoms with Crippen molar-refractivity contribution in [3.63, 3.8) is 0 Å². The van der Waals surface area contributed by atoms with Gasteiger partial charge < -0.3 is 0 Å². The number of aromatic nitrogens is 4. The van der Waals surface area contributed by atoms with Gasteiger partial charge in [0.25, 0.3) is 0 Å². The first kappa shape index (κ1) is 36.4. The molecule has 5 nitrogen and oxygen atoms in total. The van der Waals surface area contributed by atoms with Gasteiger partial charge in [0.1, 0.15) is 0 Å². The molecular weight excluding hydrogens is 1050 g/mol. The van der Waals surface area contributed by atoms with Gasteiger partial charge in [-0.3, -0.25) is 0 Å². The van der Waals surface area contributed by atoms with Crippen LogP contribution in [0.2, 0.25) is 0 Å². The van der Waals surface area contributed by atoms with Gasteiger partial charge in [0, 0.05) is 6.20 Å². The van der Waals surface area contributed by atoms with E-state index in [2.05, 4.69) is 149 Å². The number of hydrogen-bond acceptors (Lipinski definition) is 2. The number of para-hydroxylation sites is 3. The fourth-order valence-electron chi connectivity index (χ4n) is 10.5. The molecule has 0 fully saturated rings. The van der Waals surface area contributed by atoms with Crippen LogP contribution in [0.5, 0.6) is 11.5 Å². The maximum atomic E-state index is 9.20. The number of fused-ring (bicyclic) bond motifs is 5. The Morgan fingerprint density at radius 3 is 1.76 bits per heavy atom. The molecule has 0 saturated heterocycles. The van der Waals surface area contributed by atoms with Gasteiger partial charge >= 0.3 is 333 Å². The van der Waals surface area contributed by atoms with Crippen molar-refractivity contribution in [2.45, 2.75) is 105 Å².